The fourth-order valence-electron chi connectivity index (χ4n) is 1.78. The van der Waals surface area contributed by atoms with Crippen LogP contribution in [0.25, 0.3) is 0 Å². The quantitative estimate of drug-likeness (QED) is 0.815. The average Bonchev–Trinajstić information content (AvgIpc) is 2.25. The maximum atomic E-state index is 13.4. The van der Waals surface area contributed by atoms with E-state index in [0.717, 1.165) is 12.6 Å². The Morgan fingerprint density at radius 1 is 1.19 bits per heavy atom. The van der Waals surface area contributed by atoms with E-state index in [1.54, 1.807) is 12.1 Å². The van der Waals surface area contributed by atoms with Crippen LogP contribution in [0.3, 0.4) is 0 Å². The van der Waals surface area contributed by atoms with Crippen LogP contribution in [0, 0.1) is 23.5 Å². The first-order chi connectivity index (χ1) is 7.56. The molecule has 2 atom stereocenters. The molecule has 16 heavy (non-hydrogen) atoms. The van der Waals surface area contributed by atoms with Gasteiger partial charge >= 0.3 is 0 Å². The Morgan fingerprint density at radius 3 is 2.50 bits per heavy atom. The van der Waals surface area contributed by atoms with Crippen LogP contribution < -0.4 is 5.32 Å². The van der Waals surface area contributed by atoms with Gasteiger partial charge in [0.2, 0.25) is 0 Å². The number of hydrogen-bond acceptors (Lipinski definition) is 1. The fraction of sp³-hybridized carbons (Fsp3) is 0.538. The Labute approximate surface area is 95.9 Å². The first-order valence-electron chi connectivity index (χ1n) is 5.63. The molecule has 0 saturated carbocycles. The highest BCUT2D eigenvalue weighted by atomic mass is 19.2. The van der Waals surface area contributed by atoms with E-state index in [1.807, 2.05) is 7.05 Å². The predicted octanol–water partition coefficient (Wildman–Crippen LogP) is 3.00. The minimum absolute atomic E-state index is 0.323. The molecule has 1 aromatic rings. The predicted molar refractivity (Wildman–Crippen MR) is 62.3 cm³/mol. The second-order valence-electron chi connectivity index (χ2n) is 4.43. The van der Waals surface area contributed by atoms with Crippen molar-refractivity contribution in [3.05, 3.63) is 35.4 Å². The molecule has 0 saturated heterocycles. The molecule has 0 bridgehead atoms. The zero-order chi connectivity index (χ0) is 12.1. The van der Waals surface area contributed by atoms with Crippen LogP contribution in [0.15, 0.2) is 18.2 Å². The summed E-state index contributed by atoms with van der Waals surface area (Å²) in [6.45, 7) is 5.06. The van der Waals surface area contributed by atoms with Crippen molar-refractivity contribution < 1.29 is 8.78 Å². The Balaban J connectivity index is 2.69. The van der Waals surface area contributed by atoms with Gasteiger partial charge in [-0.15, -0.1) is 0 Å². The van der Waals surface area contributed by atoms with Crippen molar-refractivity contribution in [2.24, 2.45) is 11.8 Å². The van der Waals surface area contributed by atoms with E-state index in [9.17, 15) is 8.78 Å². The Hall–Kier alpha value is -0.960. The highest BCUT2D eigenvalue weighted by Gasteiger charge is 2.15. The van der Waals surface area contributed by atoms with E-state index in [1.165, 1.54) is 0 Å². The molecule has 1 rings (SSSR count). The van der Waals surface area contributed by atoms with Gasteiger partial charge in [0.25, 0.3) is 0 Å². The largest absolute Gasteiger partial charge is 0.319 e. The zero-order valence-electron chi connectivity index (χ0n) is 10.1. The summed E-state index contributed by atoms with van der Waals surface area (Å²) in [5.41, 5.74) is 0.468. The van der Waals surface area contributed by atoms with Crippen molar-refractivity contribution in [2.45, 2.75) is 20.3 Å². The molecular weight excluding hydrogens is 208 g/mol. The van der Waals surface area contributed by atoms with Crippen molar-refractivity contribution in [1.29, 1.82) is 0 Å². The van der Waals surface area contributed by atoms with E-state index >= 15 is 0 Å². The molecule has 0 radical (unpaired) electrons. The average molecular weight is 227 g/mol. The van der Waals surface area contributed by atoms with E-state index in [2.05, 4.69) is 19.2 Å². The first-order valence-corrected chi connectivity index (χ1v) is 5.63. The summed E-state index contributed by atoms with van der Waals surface area (Å²) in [4.78, 5) is 0. The van der Waals surface area contributed by atoms with Crippen molar-refractivity contribution in [3.63, 3.8) is 0 Å². The van der Waals surface area contributed by atoms with Crippen LogP contribution in [-0.4, -0.2) is 13.6 Å². The highest BCUT2D eigenvalue weighted by molar-refractivity contribution is 5.19. The molecule has 0 heterocycles. The molecular formula is C13H19F2N. The lowest BCUT2D eigenvalue weighted by atomic mass is 9.89. The first kappa shape index (κ1) is 13.1. The Morgan fingerprint density at radius 2 is 1.88 bits per heavy atom. The third-order valence-corrected chi connectivity index (χ3v) is 3.07. The highest BCUT2D eigenvalue weighted by Crippen LogP contribution is 2.20. The van der Waals surface area contributed by atoms with Crippen molar-refractivity contribution in [2.75, 3.05) is 13.6 Å². The molecule has 1 nitrogen and oxygen atoms in total. The van der Waals surface area contributed by atoms with Gasteiger partial charge in [0.15, 0.2) is 11.6 Å². The molecule has 0 aromatic heterocycles. The summed E-state index contributed by atoms with van der Waals surface area (Å²) in [7, 11) is 1.89. The van der Waals surface area contributed by atoms with Crippen LogP contribution in [0.1, 0.15) is 19.4 Å². The SMILES string of the molecule is CNCC(C)C(C)Cc1cccc(F)c1F. The summed E-state index contributed by atoms with van der Waals surface area (Å²) >= 11 is 0. The number of halogens is 2. The lowest BCUT2D eigenvalue weighted by Gasteiger charge is -2.19. The standard InChI is InChI=1S/C13H19F2N/c1-9(10(2)8-16-3)7-11-5-4-6-12(14)13(11)15/h4-6,9-10,16H,7-8H2,1-3H3. The van der Waals surface area contributed by atoms with E-state index < -0.39 is 11.6 Å². The molecule has 0 spiro atoms. The van der Waals surface area contributed by atoms with Gasteiger partial charge in [-0.1, -0.05) is 26.0 Å². The molecule has 3 heteroatoms. The molecule has 2 unspecified atom stereocenters. The van der Waals surface area contributed by atoms with Gasteiger partial charge in [-0.2, -0.15) is 0 Å². The smallest absolute Gasteiger partial charge is 0.162 e. The van der Waals surface area contributed by atoms with Crippen LogP contribution >= 0.6 is 0 Å². The lowest BCUT2D eigenvalue weighted by Crippen LogP contribution is -2.23. The molecule has 0 aliphatic heterocycles. The van der Waals surface area contributed by atoms with Gasteiger partial charge < -0.3 is 5.32 Å². The van der Waals surface area contributed by atoms with Gasteiger partial charge in [0.1, 0.15) is 0 Å². The molecule has 0 amide bonds. The number of rotatable bonds is 5. The van der Waals surface area contributed by atoms with E-state index in [4.69, 9.17) is 0 Å². The molecule has 0 aliphatic carbocycles. The monoisotopic (exact) mass is 227 g/mol. The maximum Gasteiger partial charge on any atom is 0.162 e. The van der Waals surface area contributed by atoms with Crippen molar-refractivity contribution in [3.8, 4) is 0 Å². The number of nitrogens with one attached hydrogen (secondary N) is 1. The molecule has 90 valence electrons. The summed E-state index contributed by atoms with van der Waals surface area (Å²) in [6.07, 6.45) is 0.576. The maximum absolute atomic E-state index is 13.4. The van der Waals surface area contributed by atoms with Gasteiger partial charge in [0, 0.05) is 0 Å². The van der Waals surface area contributed by atoms with E-state index in [-0.39, 0.29) is 0 Å². The fourth-order valence-corrected chi connectivity index (χ4v) is 1.78. The van der Waals surface area contributed by atoms with Gasteiger partial charge in [-0.25, -0.2) is 8.78 Å². The molecule has 1 N–H and O–H groups in total. The summed E-state index contributed by atoms with van der Waals surface area (Å²) in [5.74, 6) is -0.701. The summed E-state index contributed by atoms with van der Waals surface area (Å²) in [6, 6.07) is 4.37. The number of hydrogen-bond donors (Lipinski definition) is 1. The van der Waals surface area contributed by atoms with Crippen molar-refractivity contribution in [1.82, 2.24) is 5.32 Å². The Kier molecular flexibility index (Phi) is 4.87. The summed E-state index contributed by atoms with van der Waals surface area (Å²) < 4.78 is 26.4. The number of benzene rings is 1. The topological polar surface area (TPSA) is 12.0 Å². The third-order valence-electron chi connectivity index (χ3n) is 3.07. The normalized spacial score (nSPS) is 14.8. The summed E-state index contributed by atoms with van der Waals surface area (Å²) in [5, 5.41) is 3.09. The Bertz CT molecular complexity index is 339. The van der Waals surface area contributed by atoms with Crippen LogP contribution in [0.2, 0.25) is 0 Å². The third kappa shape index (κ3) is 3.27. The second kappa shape index (κ2) is 5.94. The van der Waals surface area contributed by atoms with E-state index in [0.29, 0.717) is 23.8 Å². The van der Waals surface area contributed by atoms with Crippen LogP contribution in [0.4, 0.5) is 8.78 Å². The molecule has 0 fully saturated rings. The lowest BCUT2D eigenvalue weighted by molar-refractivity contribution is 0.367. The van der Waals surface area contributed by atoms with Crippen LogP contribution in [-0.2, 0) is 6.42 Å². The minimum Gasteiger partial charge on any atom is -0.319 e. The van der Waals surface area contributed by atoms with Crippen LogP contribution in [0.5, 0.6) is 0 Å². The molecule has 0 aliphatic rings. The van der Waals surface area contributed by atoms with Gasteiger partial charge in [-0.3, -0.25) is 0 Å². The van der Waals surface area contributed by atoms with Crippen molar-refractivity contribution >= 4 is 0 Å². The zero-order valence-corrected chi connectivity index (χ0v) is 10.1. The molecule has 1 aromatic carbocycles. The van der Waals surface area contributed by atoms with Gasteiger partial charge in [0.05, 0.1) is 0 Å². The second-order valence-corrected chi connectivity index (χ2v) is 4.43. The van der Waals surface area contributed by atoms with Gasteiger partial charge in [-0.05, 0) is 43.5 Å². The minimum atomic E-state index is -0.758.